The van der Waals surface area contributed by atoms with Crippen LogP contribution in [0.2, 0.25) is 0 Å². The monoisotopic (exact) mass is 376 g/mol. The lowest BCUT2D eigenvalue weighted by Gasteiger charge is -2.10. The quantitative estimate of drug-likeness (QED) is 0.621. The van der Waals surface area contributed by atoms with Crippen LogP contribution >= 0.6 is 0 Å². The summed E-state index contributed by atoms with van der Waals surface area (Å²) < 4.78 is 9.82. The van der Waals surface area contributed by atoms with E-state index in [1.54, 1.807) is 61.7 Å². The third kappa shape index (κ3) is 4.67. The average Bonchev–Trinajstić information content (AvgIpc) is 2.74. The fraction of sp³-hybridized carbons (Fsp3) is 0.0909. The molecule has 0 fully saturated rings. The zero-order valence-electron chi connectivity index (χ0n) is 15.6. The maximum Gasteiger partial charge on any atom is 0.337 e. The van der Waals surface area contributed by atoms with Gasteiger partial charge in [-0.05, 0) is 66.7 Å². The maximum atomic E-state index is 12.3. The van der Waals surface area contributed by atoms with E-state index in [-0.39, 0.29) is 11.9 Å². The van der Waals surface area contributed by atoms with Gasteiger partial charge >= 0.3 is 5.97 Å². The van der Waals surface area contributed by atoms with Crippen LogP contribution in [0.1, 0.15) is 20.7 Å². The van der Waals surface area contributed by atoms with Gasteiger partial charge in [0.1, 0.15) is 5.75 Å². The van der Waals surface area contributed by atoms with Gasteiger partial charge < -0.3 is 20.1 Å². The van der Waals surface area contributed by atoms with E-state index in [1.165, 1.54) is 7.11 Å². The van der Waals surface area contributed by atoms with Gasteiger partial charge in [-0.15, -0.1) is 0 Å². The number of hydrogen-bond donors (Lipinski definition) is 2. The lowest BCUT2D eigenvalue weighted by molar-refractivity contribution is 0.0600. The van der Waals surface area contributed by atoms with Crippen molar-refractivity contribution < 1.29 is 19.1 Å². The predicted octanol–water partition coefficient (Wildman–Crippen LogP) is 4.48. The second kappa shape index (κ2) is 8.73. The Balaban J connectivity index is 1.64. The van der Waals surface area contributed by atoms with Crippen molar-refractivity contribution >= 4 is 28.9 Å². The summed E-state index contributed by atoms with van der Waals surface area (Å²) in [5, 5.41) is 6.06. The summed E-state index contributed by atoms with van der Waals surface area (Å²) in [6, 6.07) is 21.2. The number of amides is 1. The number of nitrogens with one attached hydrogen (secondary N) is 2. The van der Waals surface area contributed by atoms with Crippen molar-refractivity contribution in [1.82, 2.24) is 0 Å². The highest BCUT2D eigenvalue weighted by molar-refractivity contribution is 6.04. The molecule has 6 nitrogen and oxygen atoms in total. The molecule has 0 saturated heterocycles. The second-order valence-electron chi connectivity index (χ2n) is 5.96. The van der Waals surface area contributed by atoms with Gasteiger partial charge in [0, 0.05) is 22.6 Å². The summed E-state index contributed by atoms with van der Waals surface area (Å²) in [5.74, 6) is 0.109. The summed E-state index contributed by atoms with van der Waals surface area (Å²) in [7, 11) is 2.93. The van der Waals surface area contributed by atoms with E-state index in [2.05, 4.69) is 10.6 Å². The molecule has 0 atom stereocenters. The Morgan fingerprint density at radius 2 is 1.43 bits per heavy atom. The molecule has 3 aromatic rings. The summed E-state index contributed by atoms with van der Waals surface area (Å²) in [5.41, 5.74) is 3.27. The van der Waals surface area contributed by atoms with Gasteiger partial charge in [-0.25, -0.2) is 4.79 Å². The highest BCUT2D eigenvalue weighted by atomic mass is 16.5. The minimum absolute atomic E-state index is 0.200. The predicted molar refractivity (Wildman–Crippen MR) is 108 cm³/mol. The average molecular weight is 376 g/mol. The molecule has 142 valence electrons. The smallest absolute Gasteiger partial charge is 0.337 e. The molecule has 6 heteroatoms. The van der Waals surface area contributed by atoms with Crippen LogP contribution < -0.4 is 15.4 Å². The summed E-state index contributed by atoms with van der Waals surface area (Å²) in [6.45, 7) is 0. The fourth-order valence-corrected chi connectivity index (χ4v) is 2.59. The van der Waals surface area contributed by atoms with Crippen molar-refractivity contribution in [2.75, 3.05) is 24.9 Å². The fourth-order valence-electron chi connectivity index (χ4n) is 2.59. The zero-order chi connectivity index (χ0) is 19.9. The molecular weight excluding hydrogens is 356 g/mol. The van der Waals surface area contributed by atoms with Gasteiger partial charge in [-0.3, -0.25) is 4.79 Å². The molecule has 3 rings (SSSR count). The summed E-state index contributed by atoms with van der Waals surface area (Å²) in [6.07, 6.45) is 0. The number of carbonyl (C=O) groups is 2. The summed E-state index contributed by atoms with van der Waals surface area (Å²) in [4.78, 5) is 23.9. The molecule has 2 N–H and O–H groups in total. The van der Waals surface area contributed by atoms with Crippen LogP contribution in [0.25, 0.3) is 0 Å². The highest BCUT2D eigenvalue weighted by Gasteiger charge is 2.07. The highest BCUT2D eigenvalue weighted by Crippen LogP contribution is 2.21. The molecular formula is C22H20N2O4. The molecule has 0 aliphatic rings. The lowest BCUT2D eigenvalue weighted by Crippen LogP contribution is -2.11. The van der Waals surface area contributed by atoms with Crippen LogP contribution in [0, 0.1) is 0 Å². The van der Waals surface area contributed by atoms with Crippen LogP contribution in [-0.2, 0) is 4.74 Å². The van der Waals surface area contributed by atoms with Crippen molar-refractivity contribution in [3.8, 4) is 5.75 Å². The van der Waals surface area contributed by atoms with E-state index >= 15 is 0 Å². The minimum Gasteiger partial charge on any atom is -0.497 e. The normalized spacial score (nSPS) is 10.1. The van der Waals surface area contributed by atoms with Crippen molar-refractivity contribution in [2.24, 2.45) is 0 Å². The van der Waals surface area contributed by atoms with E-state index in [9.17, 15) is 9.59 Å². The van der Waals surface area contributed by atoms with Crippen LogP contribution in [0.4, 0.5) is 17.1 Å². The van der Waals surface area contributed by atoms with E-state index in [0.717, 1.165) is 11.4 Å². The van der Waals surface area contributed by atoms with Crippen LogP contribution in [0.5, 0.6) is 5.75 Å². The Morgan fingerprint density at radius 1 is 0.750 bits per heavy atom. The number of anilines is 3. The molecule has 28 heavy (non-hydrogen) atoms. The third-order valence-electron chi connectivity index (χ3n) is 4.07. The second-order valence-corrected chi connectivity index (χ2v) is 5.96. The van der Waals surface area contributed by atoms with Crippen molar-refractivity contribution in [1.29, 1.82) is 0 Å². The number of esters is 1. The zero-order valence-corrected chi connectivity index (χ0v) is 15.6. The van der Waals surface area contributed by atoms with Gasteiger partial charge in [0.2, 0.25) is 0 Å². The Hall–Kier alpha value is -3.80. The van der Waals surface area contributed by atoms with Crippen molar-refractivity contribution in [3.63, 3.8) is 0 Å². The van der Waals surface area contributed by atoms with Gasteiger partial charge in [0.25, 0.3) is 5.91 Å². The Bertz CT molecular complexity index is 967. The maximum absolute atomic E-state index is 12.3. The molecule has 0 aromatic heterocycles. The number of hydrogen-bond acceptors (Lipinski definition) is 5. The van der Waals surface area contributed by atoms with Gasteiger partial charge in [0.05, 0.1) is 19.8 Å². The van der Waals surface area contributed by atoms with E-state index in [4.69, 9.17) is 9.47 Å². The van der Waals surface area contributed by atoms with E-state index < -0.39 is 0 Å². The topological polar surface area (TPSA) is 76.7 Å². The van der Waals surface area contributed by atoms with E-state index in [1.807, 2.05) is 18.2 Å². The van der Waals surface area contributed by atoms with Crippen LogP contribution in [0.15, 0.2) is 72.8 Å². The van der Waals surface area contributed by atoms with Crippen LogP contribution in [0.3, 0.4) is 0 Å². The molecule has 0 spiro atoms. The van der Waals surface area contributed by atoms with Crippen molar-refractivity contribution in [2.45, 2.75) is 0 Å². The Kier molecular flexibility index (Phi) is 5.91. The molecule has 0 radical (unpaired) electrons. The van der Waals surface area contributed by atoms with E-state index in [0.29, 0.717) is 22.6 Å². The number of methoxy groups -OCH3 is 2. The Labute approximate surface area is 163 Å². The molecule has 3 aromatic carbocycles. The van der Waals surface area contributed by atoms with Crippen molar-refractivity contribution in [3.05, 3.63) is 83.9 Å². The Morgan fingerprint density at radius 3 is 2.07 bits per heavy atom. The molecule has 0 aliphatic heterocycles. The SMILES string of the molecule is COC(=O)c1cccc(Nc2ccc(NC(=O)c3ccc(OC)cc3)cc2)c1. The standard InChI is InChI=1S/C22H20N2O4/c1-27-20-12-6-15(7-13-20)21(25)24-18-10-8-17(9-11-18)23-19-5-3-4-16(14-19)22(26)28-2/h3-14,23H,1-2H3,(H,24,25). The third-order valence-corrected chi connectivity index (χ3v) is 4.07. The molecule has 0 bridgehead atoms. The molecule has 0 unspecified atom stereocenters. The van der Waals surface area contributed by atoms with Gasteiger partial charge in [-0.2, -0.15) is 0 Å². The molecule has 0 aliphatic carbocycles. The lowest BCUT2D eigenvalue weighted by atomic mass is 10.2. The first-order chi connectivity index (χ1) is 13.6. The molecule has 1 amide bonds. The minimum atomic E-state index is -0.389. The van der Waals surface area contributed by atoms with Gasteiger partial charge in [0.15, 0.2) is 0 Å². The molecule has 0 saturated carbocycles. The van der Waals surface area contributed by atoms with Crippen LogP contribution in [-0.4, -0.2) is 26.1 Å². The number of benzene rings is 3. The first-order valence-corrected chi connectivity index (χ1v) is 8.60. The first-order valence-electron chi connectivity index (χ1n) is 8.60. The number of carbonyl (C=O) groups excluding carboxylic acids is 2. The number of rotatable bonds is 6. The molecule has 0 heterocycles. The summed E-state index contributed by atoms with van der Waals surface area (Å²) >= 11 is 0. The van der Waals surface area contributed by atoms with Gasteiger partial charge in [-0.1, -0.05) is 6.07 Å². The number of ether oxygens (including phenoxy) is 2. The largest absolute Gasteiger partial charge is 0.497 e. The first kappa shape index (κ1) is 19.0.